The molecule has 1 aromatic carbocycles. The molecule has 3 N–H and O–H groups in total. The summed E-state index contributed by atoms with van der Waals surface area (Å²) in [6, 6.07) is 3.51. The van der Waals surface area contributed by atoms with Crippen molar-refractivity contribution in [1.82, 2.24) is 5.32 Å². The number of nitro benzene ring substituents is 1. The number of phenolic OH excluding ortho intramolecular Hbond substituents is 1. The Kier molecular flexibility index (Phi) is 4.09. The van der Waals surface area contributed by atoms with Crippen LogP contribution in [0.1, 0.15) is 0 Å². The lowest BCUT2D eigenvalue weighted by Crippen LogP contribution is -2.29. The van der Waals surface area contributed by atoms with Gasteiger partial charge < -0.3 is 15.7 Å². The minimum Gasteiger partial charge on any atom is -0.506 e. The normalized spacial score (nSPS) is 16.1. The molecule has 0 atom stereocenters. The molecular weight excluding hydrogens is 318 g/mol. The fourth-order valence-electron chi connectivity index (χ4n) is 1.71. The van der Waals surface area contributed by atoms with E-state index >= 15 is 0 Å². The fourth-order valence-corrected chi connectivity index (χ4v) is 3.19. The molecule has 0 saturated heterocycles. The Balaban J connectivity index is 2.02. The van der Waals surface area contributed by atoms with Gasteiger partial charge in [0.2, 0.25) is 0 Å². The Bertz CT molecular complexity index is 742. The van der Waals surface area contributed by atoms with Gasteiger partial charge in [0.15, 0.2) is 14.9 Å². The van der Waals surface area contributed by atoms with Gasteiger partial charge in [-0.05, 0) is 24.4 Å². The average Bonchev–Trinajstić information content (AvgIpc) is 2.70. The summed E-state index contributed by atoms with van der Waals surface area (Å²) in [6.07, 6.45) is 1.51. The molecule has 0 unspecified atom stereocenters. The first-order valence-electron chi connectivity index (χ1n) is 5.72. The molecule has 0 saturated carbocycles. The molecule has 2 rings (SSSR count). The lowest BCUT2D eigenvalue weighted by Gasteiger charge is -2.11. The number of aromatic hydroxyl groups is 1. The summed E-state index contributed by atoms with van der Waals surface area (Å²) in [4.78, 5) is 9.92. The fraction of sp³-hybridized carbons (Fsp3) is 0.182. The van der Waals surface area contributed by atoms with Gasteiger partial charge in [-0.25, -0.2) is 8.42 Å². The smallest absolute Gasteiger partial charge is 0.273 e. The van der Waals surface area contributed by atoms with Gasteiger partial charge in [-0.2, -0.15) is 0 Å². The molecule has 21 heavy (non-hydrogen) atoms. The summed E-state index contributed by atoms with van der Waals surface area (Å²) in [5, 5.41) is 25.7. The maximum absolute atomic E-state index is 11.3. The number of non-ortho nitro benzene ring substituents is 1. The molecule has 112 valence electrons. The van der Waals surface area contributed by atoms with Crippen LogP contribution in [0.2, 0.25) is 0 Å². The highest BCUT2D eigenvalue weighted by molar-refractivity contribution is 7.92. The second kappa shape index (κ2) is 5.66. The molecule has 1 aliphatic heterocycles. The zero-order chi connectivity index (χ0) is 15.6. The third kappa shape index (κ3) is 3.89. The van der Waals surface area contributed by atoms with Gasteiger partial charge in [0.05, 0.1) is 28.2 Å². The molecule has 1 heterocycles. The molecule has 0 aromatic heterocycles. The predicted octanol–water partition coefficient (Wildman–Crippen LogP) is 0.899. The van der Waals surface area contributed by atoms with Gasteiger partial charge in [0, 0.05) is 11.8 Å². The van der Waals surface area contributed by atoms with Crippen molar-refractivity contribution < 1.29 is 18.4 Å². The van der Waals surface area contributed by atoms with E-state index in [0.29, 0.717) is 5.70 Å². The molecule has 0 amide bonds. The highest BCUT2D eigenvalue weighted by atomic mass is 32.2. The summed E-state index contributed by atoms with van der Waals surface area (Å²) in [5.41, 5.74) is 0.384. The number of nitro groups is 1. The van der Waals surface area contributed by atoms with Crippen molar-refractivity contribution in [2.45, 2.75) is 0 Å². The SMILES string of the molecule is O=[N+]([O-])c1ccc(NC(=S)NC2=CCS(=O)(=O)C2)c(O)c1. The lowest BCUT2D eigenvalue weighted by molar-refractivity contribution is -0.384. The Labute approximate surface area is 125 Å². The van der Waals surface area contributed by atoms with Crippen molar-refractivity contribution in [3.8, 4) is 5.75 Å². The zero-order valence-corrected chi connectivity index (χ0v) is 12.2. The number of nitrogens with zero attached hydrogens (tertiary/aromatic N) is 1. The number of rotatable bonds is 3. The second-order valence-electron chi connectivity index (χ2n) is 4.32. The molecule has 0 fully saturated rings. The van der Waals surface area contributed by atoms with E-state index < -0.39 is 14.8 Å². The molecular formula is C11H11N3O5S2. The Morgan fingerprint density at radius 3 is 2.62 bits per heavy atom. The molecule has 0 radical (unpaired) electrons. The van der Waals surface area contributed by atoms with Crippen molar-refractivity contribution in [3.05, 3.63) is 40.1 Å². The molecule has 1 aliphatic rings. The highest BCUT2D eigenvalue weighted by Gasteiger charge is 2.20. The first kappa shape index (κ1) is 15.2. The summed E-state index contributed by atoms with van der Waals surface area (Å²) in [5.74, 6) is -0.497. The van der Waals surface area contributed by atoms with Crippen molar-refractivity contribution in [2.75, 3.05) is 16.8 Å². The third-order valence-corrected chi connectivity index (χ3v) is 4.30. The number of hydrogen-bond donors (Lipinski definition) is 3. The Morgan fingerprint density at radius 2 is 2.10 bits per heavy atom. The van der Waals surface area contributed by atoms with Crippen LogP contribution in [-0.2, 0) is 9.84 Å². The van der Waals surface area contributed by atoms with E-state index in [9.17, 15) is 23.6 Å². The Hall–Kier alpha value is -2.20. The highest BCUT2D eigenvalue weighted by Crippen LogP contribution is 2.27. The van der Waals surface area contributed by atoms with Gasteiger partial charge in [0.1, 0.15) is 5.75 Å². The zero-order valence-electron chi connectivity index (χ0n) is 10.6. The first-order valence-corrected chi connectivity index (χ1v) is 7.95. The van der Waals surface area contributed by atoms with E-state index in [4.69, 9.17) is 12.2 Å². The minimum absolute atomic E-state index is 0.0409. The van der Waals surface area contributed by atoms with E-state index in [1.165, 1.54) is 18.2 Å². The first-order chi connectivity index (χ1) is 9.77. The van der Waals surface area contributed by atoms with Gasteiger partial charge in [-0.3, -0.25) is 10.1 Å². The number of hydrogen-bond acceptors (Lipinski definition) is 6. The molecule has 0 spiro atoms. The van der Waals surface area contributed by atoms with E-state index in [1.807, 2.05) is 0 Å². The summed E-state index contributed by atoms with van der Waals surface area (Å²) in [7, 11) is -3.10. The average molecular weight is 329 g/mol. The number of thiocarbonyl (C=S) groups is 1. The van der Waals surface area contributed by atoms with Crippen molar-refractivity contribution in [2.24, 2.45) is 0 Å². The molecule has 10 heteroatoms. The quantitative estimate of drug-likeness (QED) is 0.324. The monoisotopic (exact) mass is 329 g/mol. The van der Waals surface area contributed by atoms with Crippen LogP contribution in [0.15, 0.2) is 30.0 Å². The van der Waals surface area contributed by atoms with Gasteiger partial charge in [0.25, 0.3) is 5.69 Å². The molecule has 0 bridgehead atoms. The maximum Gasteiger partial charge on any atom is 0.273 e. The third-order valence-electron chi connectivity index (χ3n) is 2.67. The summed E-state index contributed by atoms with van der Waals surface area (Å²) in [6.45, 7) is 0. The van der Waals surface area contributed by atoms with Crippen molar-refractivity contribution in [3.63, 3.8) is 0 Å². The van der Waals surface area contributed by atoms with Gasteiger partial charge >= 0.3 is 0 Å². The van der Waals surface area contributed by atoms with Crippen LogP contribution >= 0.6 is 12.2 Å². The second-order valence-corrected chi connectivity index (χ2v) is 6.84. The lowest BCUT2D eigenvalue weighted by atomic mass is 10.2. The van der Waals surface area contributed by atoms with Crippen molar-refractivity contribution >= 4 is 38.5 Å². The Morgan fingerprint density at radius 1 is 1.38 bits per heavy atom. The van der Waals surface area contributed by atoms with E-state index in [2.05, 4.69) is 10.6 Å². The molecule has 8 nitrogen and oxygen atoms in total. The van der Waals surface area contributed by atoms with E-state index in [1.54, 1.807) is 0 Å². The number of phenols is 1. The standard InChI is InChI=1S/C11H11N3O5S2/c15-10-5-8(14(16)17)1-2-9(10)13-11(20)12-7-3-4-21(18,19)6-7/h1-3,5,15H,4,6H2,(H2,12,13,20). The topological polar surface area (TPSA) is 122 Å². The van der Waals surface area contributed by atoms with Crippen LogP contribution in [-0.4, -0.2) is 35.1 Å². The van der Waals surface area contributed by atoms with Gasteiger partial charge in [-0.15, -0.1) is 0 Å². The number of anilines is 1. The van der Waals surface area contributed by atoms with Gasteiger partial charge in [-0.1, -0.05) is 0 Å². The number of nitrogens with one attached hydrogen (secondary N) is 2. The van der Waals surface area contributed by atoms with Crippen molar-refractivity contribution in [1.29, 1.82) is 0 Å². The summed E-state index contributed by atoms with van der Waals surface area (Å²) < 4.78 is 22.6. The number of sulfone groups is 1. The predicted molar refractivity (Wildman–Crippen MR) is 80.9 cm³/mol. The minimum atomic E-state index is -3.10. The largest absolute Gasteiger partial charge is 0.506 e. The van der Waals surface area contributed by atoms with Crippen LogP contribution in [0.4, 0.5) is 11.4 Å². The van der Waals surface area contributed by atoms with Crippen LogP contribution in [0, 0.1) is 10.1 Å². The summed E-state index contributed by atoms with van der Waals surface area (Å²) >= 11 is 4.99. The van der Waals surface area contributed by atoms with E-state index in [0.717, 1.165) is 6.07 Å². The van der Waals surface area contributed by atoms with Crippen LogP contribution in [0.25, 0.3) is 0 Å². The van der Waals surface area contributed by atoms with Crippen LogP contribution < -0.4 is 10.6 Å². The molecule has 0 aliphatic carbocycles. The van der Waals surface area contributed by atoms with E-state index in [-0.39, 0.29) is 33.7 Å². The molecule has 1 aromatic rings. The van der Waals surface area contributed by atoms with Crippen LogP contribution in [0.3, 0.4) is 0 Å². The maximum atomic E-state index is 11.3. The number of benzene rings is 1. The van der Waals surface area contributed by atoms with Crippen LogP contribution in [0.5, 0.6) is 5.75 Å².